The van der Waals surface area contributed by atoms with E-state index in [1.807, 2.05) is 11.8 Å². The first-order chi connectivity index (χ1) is 7.75. The smallest absolute Gasteiger partial charge is 0.0244 e. The van der Waals surface area contributed by atoms with Crippen molar-refractivity contribution in [1.29, 1.82) is 0 Å². The largest absolute Gasteiger partial charge is 0.314 e. The molecule has 0 spiro atoms. The summed E-state index contributed by atoms with van der Waals surface area (Å²) < 4.78 is 0. The number of nitrogens with zero attached hydrogens (tertiary/aromatic N) is 1. The van der Waals surface area contributed by atoms with Gasteiger partial charge in [-0.1, -0.05) is 20.3 Å². The maximum absolute atomic E-state index is 3.51. The first-order valence-corrected chi connectivity index (χ1v) is 8.08. The van der Waals surface area contributed by atoms with Crippen LogP contribution in [0.2, 0.25) is 0 Å². The van der Waals surface area contributed by atoms with E-state index < -0.39 is 0 Å². The van der Waals surface area contributed by atoms with Gasteiger partial charge < -0.3 is 5.32 Å². The van der Waals surface area contributed by atoms with Gasteiger partial charge in [0.05, 0.1) is 0 Å². The van der Waals surface area contributed by atoms with E-state index in [0.717, 1.165) is 12.0 Å². The number of rotatable bonds is 7. The van der Waals surface area contributed by atoms with Crippen molar-refractivity contribution in [2.75, 3.05) is 38.2 Å². The normalized spacial score (nSPS) is 22.9. The maximum atomic E-state index is 3.51. The Morgan fingerprint density at radius 3 is 2.81 bits per heavy atom. The number of unbranched alkanes of at least 4 members (excludes halogenated alkanes) is 2. The highest BCUT2D eigenvalue weighted by molar-refractivity contribution is 7.98. The fourth-order valence-corrected chi connectivity index (χ4v) is 2.93. The molecule has 1 saturated heterocycles. The molecule has 0 aliphatic carbocycles. The third kappa shape index (κ3) is 5.07. The van der Waals surface area contributed by atoms with Crippen LogP contribution >= 0.6 is 11.8 Å². The number of nitrogens with one attached hydrogen (secondary N) is 1. The molecule has 0 bridgehead atoms. The molecule has 2 nitrogen and oxygen atoms in total. The Bertz CT molecular complexity index is 173. The van der Waals surface area contributed by atoms with Crippen LogP contribution in [0, 0.1) is 5.92 Å². The van der Waals surface area contributed by atoms with Crippen molar-refractivity contribution in [2.45, 2.75) is 39.2 Å². The predicted octanol–water partition coefficient (Wildman–Crippen LogP) is 2.45. The molecule has 1 atom stereocenters. The molecule has 0 radical (unpaired) electrons. The number of thioether (sulfide) groups is 1. The average Bonchev–Trinajstić information content (AvgIpc) is 2.29. The Kier molecular flexibility index (Phi) is 7.50. The second-order valence-electron chi connectivity index (χ2n) is 5.10. The Hall–Kier alpha value is 0.270. The van der Waals surface area contributed by atoms with Gasteiger partial charge in [0.2, 0.25) is 0 Å². The van der Waals surface area contributed by atoms with Crippen LogP contribution in [-0.4, -0.2) is 49.1 Å². The molecule has 1 N–H and O–H groups in total. The zero-order chi connectivity index (χ0) is 11.8. The minimum absolute atomic E-state index is 0.759. The molecular weight excluding hydrogens is 216 g/mol. The highest BCUT2D eigenvalue weighted by Crippen LogP contribution is 2.14. The standard InChI is InChI=1S/C13H28N2S/c1-12(2)13-11-14-7-9-15(13)8-5-4-6-10-16-3/h12-14H,4-11H2,1-3H3. The topological polar surface area (TPSA) is 15.3 Å². The fraction of sp³-hybridized carbons (Fsp3) is 1.00. The van der Waals surface area contributed by atoms with Crippen molar-refractivity contribution in [3.05, 3.63) is 0 Å². The Labute approximate surface area is 106 Å². The van der Waals surface area contributed by atoms with Gasteiger partial charge in [-0.3, -0.25) is 4.90 Å². The quantitative estimate of drug-likeness (QED) is 0.693. The lowest BCUT2D eigenvalue weighted by molar-refractivity contribution is 0.122. The summed E-state index contributed by atoms with van der Waals surface area (Å²) in [5.74, 6) is 2.11. The highest BCUT2D eigenvalue weighted by Gasteiger charge is 2.23. The van der Waals surface area contributed by atoms with E-state index in [9.17, 15) is 0 Å². The van der Waals surface area contributed by atoms with Crippen molar-refractivity contribution in [3.63, 3.8) is 0 Å². The third-order valence-electron chi connectivity index (χ3n) is 3.46. The van der Waals surface area contributed by atoms with Crippen LogP contribution in [-0.2, 0) is 0 Å². The molecule has 1 aliphatic heterocycles. The van der Waals surface area contributed by atoms with Gasteiger partial charge in [-0.05, 0) is 37.3 Å². The Morgan fingerprint density at radius 2 is 2.12 bits per heavy atom. The minimum atomic E-state index is 0.759. The third-order valence-corrected chi connectivity index (χ3v) is 4.16. The van der Waals surface area contributed by atoms with Crippen molar-refractivity contribution in [3.8, 4) is 0 Å². The summed E-state index contributed by atoms with van der Waals surface area (Å²) in [6.07, 6.45) is 6.37. The Balaban J connectivity index is 2.17. The fourth-order valence-electron chi connectivity index (χ4n) is 2.44. The van der Waals surface area contributed by atoms with E-state index >= 15 is 0 Å². The number of hydrogen-bond acceptors (Lipinski definition) is 3. The zero-order valence-electron chi connectivity index (χ0n) is 11.2. The predicted molar refractivity (Wildman–Crippen MR) is 75.3 cm³/mol. The molecule has 1 unspecified atom stereocenters. The molecule has 3 heteroatoms. The lowest BCUT2D eigenvalue weighted by Crippen LogP contribution is -2.53. The first-order valence-electron chi connectivity index (χ1n) is 6.69. The molecule has 0 saturated carbocycles. The highest BCUT2D eigenvalue weighted by atomic mass is 32.2. The van der Waals surface area contributed by atoms with E-state index in [-0.39, 0.29) is 0 Å². The molecule has 0 aromatic heterocycles. The molecule has 1 heterocycles. The maximum Gasteiger partial charge on any atom is 0.0244 e. The van der Waals surface area contributed by atoms with Gasteiger partial charge in [0.25, 0.3) is 0 Å². The van der Waals surface area contributed by atoms with Gasteiger partial charge in [-0.25, -0.2) is 0 Å². The monoisotopic (exact) mass is 244 g/mol. The number of piperazine rings is 1. The van der Waals surface area contributed by atoms with E-state index in [1.54, 1.807) is 0 Å². The molecule has 0 aromatic rings. The summed E-state index contributed by atoms with van der Waals surface area (Å²) in [5.41, 5.74) is 0. The lowest BCUT2D eigenvalue weighted by Gasteiger charge is -2.38. The Morgan fingerprint density at radius 1 is 1.31 bits per heavy atom. The molecule has 96 valence electrons. The first kappa shape index (κ1) is 14.3. The van der Waals surface area contributed by atoms with Gasteiger partial charge >= 0.3 is 0 Å². The average molecular weight is 244 g/mol. The summed E-state index contributed by atoms with van der Waals surface area (Å²) in [7, 11) is 0. The second kappa shape index (κ2) is 8.37. The molecule has 1 rings (SSSR count). The van der Waals surface area contributed by atoms with Crippen LogP contribution in [0.4, 0.5) is 0 Å². The zero-order valence-corrected chi connectivity index (χ0v) is 12.0. The van der Waals surface area contributed by atoms with Crippen LogP contribution in [0.15, 0.2) is 0 Å². The van der Waals surface area contributed by atoms with Gasteiger partial charge in [0.15, 0.2) is 0 Å². The SMILES string of the molecule is CSCCCCCN1CCNCC1C(C)C. The van der Waals surface area contributed by atoms with E-state index in [1.165, 1.54) is 51.2 Å². The van der Waals surface area contributed by atoms with E-state index in [0.29, 0.717) is 0 Å². The van der Waals surface area contributed by atoms with Crippen LogP contribution < -0.4 is 5.32 Å². The van der Waals surface area contributed by atoms with Crippen molar-refractivity contribution in [1.82, 2.24) is 10.2 Å². The molecule has 0 aromatic carbocycles. The lowest BCUT2D eigenvalue weighted by atomic mass is 10.00. The van der Waals surface area contributed by atoms with Gasteiger partial charge in [-0.15, -0.1) is 0 Å². The van der Waals surface area contributed by atoms with Gasteiger partial charge in [0, 0.05) is 25.7 Å². The van der Waals surface area contributed by atoms with E-state index in [2.05, 4.69) is 30.3 Å². The summed E-state index contributed by atoms with van der Waals surface area (Å²) in [6, 6.07) is 0.759. The van der Waals surface area contributed by atoms with Crippen LogP contribution in [0.25, 0.3) is 0 Å². The second-order valence-corrected chi connectivity index (χ2v) is 6.09. The summed E-state index contributed by atoms with van der Waals surface area (Å²) >= 11 is 1.97. The minimum Gasteiger partial charge on any atom is -0.314 e. The molecule has 1 fully saturated rings. The molecule has 0 amide bonds. The van der Waals surface area contributed by atoms with Crippen LogP contribution in [0.1, 0.15) is 33.1 Å². The number of hydrogen-bond donors (Lipinski definition) is 1. The van der Waals surface area contributed by atoms with E-state index in [4.69, 9.17) is 0 Å². The molecular formula is C13H28N2S. The summed E-state index contributed by atoms with van der Waals surface area (Å²) in [5, 5.41) is 3.51. The van der Waals surface area contributed by atoms with Crippen molar-refractivity contribution >= 4 is 11.8 Å². The van der Waals surface area contributed by atoms with Crippen molar-refractivity contribution < 1.29 is 0 Å². The molecule has 16 heavy (non-hydrogen) atoms. The van der Waals surface area contributed by atoms with Crippen LogP contribution in [0.5, 0.6) is 0 Å². The van der Waals surface area contributed by atoms with Crippen LogP contribution in [0.3, 0.4) is 0 Å². The van der Waals surface area contributed by atoms with Crippen molar-refractivity contribution in [2.24, 2.45) is 5.92 Å². The summed E-state index contributed by atoms with van der Waals surface area (Å²) in [4.78, 5) is 2.69. The van der Waals surface area contributed by atoms with Gasteiger partial charge in [0.1, 0.15) is 0 Å². The molecule has 1 aliphatic rings. The summed E-state index contributed by atoms with van der Waals surface area (Å²) in [6.45, 7) is 9.59. The van der Waals surface area contributed by atoms with Gasteiger partial charge in [-0.2, -0.15) is 11.8 Å².